The molecule has 0 aromatic carbocycles. The van der Waals surface area contributed by atoms with E-state index >= 15 is 0 Å². The lowest BCUT2D eigenvalue weighted by molar-refractivity contribution is -0.144. The van der Waals surface area contributed by atoms with Gasteiger partial charge in [-0.1, -0.05) is 19.3 Å². The summed E-state index contributed by atoms with van der Waals surface area (Å²) in [7, 11) is 0. The fraction of sp³-hybridized carbons (Fsp3) is 0.800. The van der Waals surface area contributed by atoms with Gasteiger partial charge in [0.05, 0.1) is 12.0 Å². The number of fused-ring (bicyclic) bond motifs is 1. The van der Waals surface area contributed by atoms with Crippen LogP contribution in [-0.2, 0) is 11.3 Å². The van der Waals surface area contributed by atoms with Gasteiger partial charge in [0.25, 0.3) is 0 Å². The molecule has 1 amide bonds. The highest BCUT2D eigenvalue weighted by Crippen LogP contribution is 2.34. The van der Waals surface area contributed by atoms with Crippen LogP contribution in [-0.4, -0.2) is 51.4 Å². The first-order valence-corrected chi connectivity index (χ1v) is 10.2. The first-order valence-electron chi connectivity index (χ1n) is 10.2. The molecule has 2 aliphatic heterocycles. The fourth-order valence-electron chi connectivity index (χ4n) is 5.24. The summed E-state index contributed by atoms with van der Waals surface area (Å²) >= 11 is 0. The van der Waals surface area contributed by atoms with Crippen molar-refractivity contribution in [3.63, 3.8) is 0 Å². The lowest BCUT2D eigenvalue weighted by Gasteiger charge is -2.48. The molecule has 1 saturated carbocycles. The van der Waals surface area contributed by atoms with Gasteiger partial charge in [-0.05, 0) is 44.9 Å². The minimum absolute atomic E-state index is 0.317. The molecule has 4 rings (SSSR count). The second-order valence-corrected chi connectivity index (χ2v) is 8.33. The Kier molecular flexibility index (Phi) is 5.11. The Balaban J connectivity index is 1.38. The number of nitrogens with zero attached hydrogens (tertiary/aromatic N) is 3. The van der Waals surface area contributed by atoms with Gasteiger partial charge >= 0.3 is 0 Å². The monoisotopic (exact) mass is 344 g/mol. The van der Waals surface area contributed by atoms with Crippen LogP contribution in [0.5, 0.6) is 0 Å². The van der Waals surface area contributed by atoms with Crippen LogP contribution in [0.2, 0.25) is 0 Å². The Morgan fingerprint density at radius 1 is 1.16 bits per heavy atom. The number of carbonyl (C=O) groups is 1. The van der Waals surface area contributed by atoms with Gasteiger partial charge in [0.1, 0.15) is 0 Å². The molecule has 3 fully saturated rings. The molecule has 2 saturated heterocycles. The summed E-state index contributed by atoms with van der Waals surface area (Å²) in [6.45, 7) is 6.23. The van der Waals surface area contributed by atoms with Crippen LogP contribution in [0, 0.1) is 18.8 Å². The number of likely N-dealkylation sites (tertiary alicyclic amines) is 2. The molecule has 1 N–H and O–H groups in total. The number of hydrogen-bond donors (Lipinski definition) is 1. The molecular weight excluding hydrogens is 312 g/mol. The van der Waals surface area contributed by atoms with Gasteiger partial charge in [-0.2, -0.15) is 0 Å². The topological polar surface area (TPSA) is 52.2 Å². The smallest absolute Gasteiger partial charge is 0.225 e. The standard InChI is InChI=1S/C20H32N4O/c1-15-18(22-14-21-15)13-23-11-9-19-17(12-23)8-5-10-24(19)20(25)16-6-3-2-4-7-16/h14,16-17,19H,2-13H2,1H3,(H,21,22)/t17-,19+/m1/s1. The van der Waals surface area contributed by atoms with Crippen molar-refractivity contribution in [1.29, 1.82) is 0 Å². The third-order valence-electron chi connectivity index (χ3n) is 6.70. The van der Waals surface area contributed by atoms with Gasteiger partial charge in [0.15, 0.2) is 0 Å². The third-order valence-corrected chi connectivity index (χ3v) is 6.70. The van der Waals surface area contributed by atoms with Crippen LogP contribution < -0.4 is 0 Å². The number of amides is 1. The van der Waals surface area contributed by atoms with E-state index in [1.165, 1.54) is 43.5 Å². The number of hydrogen-bond acceptors (Lipinski definition) is 3. The Hall–Kier alpha value is -1.36. The van der Waals surface area contributed by atoms with Gasteiger partial charge < -0.3 is 9.88 Å². The van der Waals surface area contributed by atoms with Crippen LogP contribution >= 0.6 is 0 Å². The SMILES string of the molecule is Cc1[nH]cnc1CN1CC[C@H]2[C@H](CCCN2C(=O)C2CCCCC2)C1. The van der Waals surface area contributed by atoms with E-state index in [0.717, 1.165) is 45.4 Å². The zero-order chi connectivity index (χ0) is 17.2. The highest BCUT2D eigenvalue weighted by molar-refractivity contribution is 5.79. The van der Waals surface area contributed by atoms with Gasteiger partial charge in [0.2, 0.25) is 5.91 Å². The van der Waals surface area contributed by atoms with Crippen LogP contribution in [0.3, 0.4) is 0 Å². The van der Waals surface area contributed by atoms with Crippen LogP contribution in [0.25, 0.3) is 0 Å². The molecule has 0 unspecified atom stereocenters. The Labute approximate surface area is 151 Å². The third kappa shape index (κ3) is 3.62. The molecule has 0 radical (unpaired) electrons. The Bertz CT molecular complexity index is 592. The number of imidazole rings is 1. The zero-order valence-corrected chi connectivity index (χ0v) is 15.5. The molecule has 1 aromatic rings. The van der Waals surface area contributed by atoms with Crippen molar-refractivity contribution < 1.29 is 4.79 Å². The van der Waals surface area contributed by atoms with Crippen molar-refractivity contribution in [3.8, 4) is 0 Å². The normalized spacial score (nSPS) is 28.8. The zero-order valence-electron chi connectivity index (χ0n) is 15.5. The van der Waals surface area contributed by atoms with Crippen molar-refractivity contribution in [2.24, 2.45) is 11.8 Å². The summed E-state index contributed by atoms with van der Waals surface area (Å²) in [4.78, 5) is 25.6. The summed E-state index contributed by atoms with van der Waals surface area (Å²) < 4.78 is 0. The molecular formula is C20H32N4O. The van der Waals surface area contributed by atoms with E-state index in [4.69, 9.17) is 0 Å². The van der Waals surface area contributed by atoms with Gasteiger partial charge in [0, 0.05) is 43.8 Å². The lowest BCUT2D eigenvalue weighted by atomic mass is 9.81. The number of aromatic nitrogens is 2. The Morgan fingerprint density at radius 3 is 2.76 bits per heavy atom. The van der Waals surface area contributed by atoms with E-state index in [1.807, 2.05) is 0 Å². The molecule has 3 aliphatic rings. The summed E-state index contributed by atoms with van der Waals surface area (Å²) in [5.41, 5.74) is 2.35. The highest BCUT2D eigenvalue weighted by Gasteiger charge is 2.40. The van der Waals surface area contributed by atoms with E-state index in [1.54, 1.807) is 6.33 Å². The highest BCUT2D eigenvalue weighted by atomic mass is 16.2. The predicted molar refractivity (Wildman–Crippen MR) is 98.0 cm³/mol. The first kappa shape index (κ1) is 17.1. The largest absolute Gasteiger partial charge is 0.348 e. The number of H-pyrrole nitrogens is 1. The van der Waals surface area contributed by atoms with Crippen molar-refractivity contribution >= 4 is 5.91 Å². The summed E-state index contributed by atoms with van der Waals surface area (Å²) in [6.07, 6.45) is 11.4. The maximum Gasteiger partial charge on any atom is 0.225 e. The molecule has 138 valence electrons. The average molecular weight is 345 g/mol. The van der Waals surface area contributed by atoms with E-state index in [9.17, 15) is 4.79 Å². The summed E-state index contributed by atoms with van der Waals surface area (Å²) in [5, 5.41) is 0. The van der Waals surface area contributed by atoms with Gasteiger partial charge in [-0.3, -0.25) is 9.69 Å². The molecule has 0 spiro atoms. The van der Waals surface area contributed by atoms with Crippen molar-refractivity contribution in [1.82, 2.24) is 19.8 Å². The molecule has 1 aromatic heterocycles. The summed E-state index contributed by atoms with van der Waals surface area (Å²) in [5.74, 6) is 1.44. The van der Waals surface area contributed by atoms with E-state index in [-0.39, 0.29) is 0 Å². The van der Waals surface area contributed by atoms with Gasteiger partial charge in [-0.25, -0.2) is 4.98 Å². The lowest BCUT2D eigenvalue weighted by Crippen LogP contribution is -2.56. The summed E-state index contributed by atoms with van der Waals surface area (Å²) in [6, 6.07) is 0.486. The Morgan fingerprint density at radius 2 is 2.00 bits per heavy atom. The maximum absolute atomic E-state index is 13.1. The second kappa shape index (κ2) is 7.48. The fourth-order valence-corrected chi connectivity index (χ4v) is 5.24. The van der Waals surface area contributed by atoms with Crippen molar-refractivity contribution in [2.45, 2.75) is 70.9 Å². The quantitative estimate of drug-likeness (QED) is 0.917. The molecule has 1 aliphatic carbocycles. The number of aryl methyl sites for hydroxylation is 1. The van der Waals surface area contributed by atoms with E-state index in [2.05, 4.69) is 26.7 Å². The predicted octanol–water partition coefficient (Wildman–Crippen LogP) is 3.11. The first-order chi connectivity index (χ1) is 12.2. The molecule has 2 atom stereocenters. The number of piperidine rings is 2. The molecule has 5 heteroatoms. The minimum Gasteiger partial charge on any atom is -0.348 e. The molecule has 0 bridgehead atoms. The number of aromatic amines is 1. The minimum atomic E-state index is 0.317. The van der Waals surface area contributed by atoms with Crippen LogP contribution in [0.4, 0.5) is 0 Å². The number of carbonyl (C=O) groups excluding carboxylic acids is 1. The van der Waals surface area contributed by atoms with E-state index < -0.39 is 0 Å². The number of nitrogens with one attached hydrogen (secondary N) is 1. The number of rotatable bonds is 3. The second-order valence-electron chi connectivity index (χ2n) is 8.33. The van der Waals surface area contributed by atoms with Crippen molar-refractivity contribution in [2.75, 3.05) is 19.6 Å². The van der Waals surface area contributed by atoms with Crippen LogP contribution in [0.15, 0.2) is 6.33 Å². The maximum atomic E-state index is 13.1. The van der Waals surface area contributed by atoms with E-state index in [0.29, 0.717) is 23.8 Å². The average Bonchev–Trinajstić information content (AvgIpc) is 3.06. The van der Waals surface area contributed by atoms with Crippen LogP contribution in [0.1, 0.15) is 62.8 Å². The molecule has 25 heavy (non-hydrogen) atoms. The molecule has 3 heterocycles. The molecule has 5 nitrogen and oxygen atoms in total. The van der Waals surface area contributed by atoms with Crippen molar-refractivity contribution in [3.05, 3.63) is 17.7 Å². The van der Waals surface area contributed by atoms with Gasteiger partial charge in [-0.15, -0.1) is 0 Å².